The zero-order chi connectivity index (χ0) is 22.0. The Bertz CT molecular complexity index is 1030. The molecule has 0 atom stereocenters. The SMILES string of the molecule is CS(=O)(=O)N(CC(=O)Nc1cc(C(F)(F)F)ccc1Cl)Cc1ccc(Cl)c(Cl)c1. The van der Waals surface area contributed by atoms with Crippen LogP contribution < -0.4 is 5.32 Å². The summed E-state index contributed by atoms with van der Waals surface area (Å²) >= 11 is 17.6. The maximum absolute atomic E-state index is 12.8. The van der Waals surface area contributed by atoms with Gasteiger partial charge in [-0.15, -0.1) is 0 Å². The lowest BCUT2D eigenvalue weighted by Crippen LogP contribution is -2.37. The van der Waals surface area contributed by atoms with Gasteiger partial charge in [0.25, 0.3) is 0 Å². The highest BCUT2D eigenvalue weighted by molar-refractivity contribution is 7.88. The minimum Gasteiger partial charge on any atom is -0.324 e. The summed E-state index contributed by atoms with van der Waals surface area (Å²) in [6.45, 7) is -0.842. The fraction of sp³-hybridized carbons (Fsp3) is 0.235. The van der Waals surface area contributed by atoms with Crippen molar-refractivity contribution in [3.63, 3.8) is 0 Å². The first kappa shape index (κ1) is 23.8. The number of halogens is 6. The van der Waals surface area contributed by atoms with Crippen molar-refractivity contribution < 1.29 is 26.4 Å². The van der Waals surface area contributed by atoms with Crippen molar-refractivity contribution in [2.24, 2.45) is 0 Å². The van der Waals surface area contributed by atoms with Crippen LogP contribution >= 0.6 is 34.8 Å². The summed E-state index contributed by atoms with van der Waals surface area (Å²) in [6.07, 6.45) is -3.73. The Balaban J connectivity index is 2.20. The van der Waals surface area contributed by atoms with Gasteiger partial charge in [-0.05, 0) is 35.9 Å². The Morgan fingerprint density at radius 2 is 1.66 bits per heavy atom. The maximum atomic E-state index is 12.8. The standard InChI is InChI=1S/C17H14Cl3F3N2O3S/c1-29(27,28)25(8-10-2-4-12(18)14(20)6-10)9-16(26)24-15-7-11(17(21,22)23)3-5-13(15)19/h2-7H,8-9H2,1H3,(H,24,26). The molecule has 0 spiro atoms. The Morgan fingerprint density at radius 3 is 2.21 bits per heavy atom. The van der Waals surface area contributed by atoms with Crippen molar-refractivity contribution in [2.45, 2.75) is 12.7 Å². The minimum atomic E-state index is -4.63. The largest absolute Gasteiger partial charge is 0.416 e. The van der Waals surface area contributed by atoms with Crippen LogP contribution in [-0.4, -0.2) is 31.4 Å². The molecule has 0 aliphatic rings. The second kappa shape index (κ2) is 9.09. The van der Waals surface area contributed by atoms with E-state index in [1.807, 2.05) is 0 Å². The van der Waals surface area contributed by atoms with E-state index in [0.29, 0.717) is 11.6 Å². The van der Waals surface area contributed by atoms with Gasteiger partial charge in [0.05, 0.1) is 39.1 Å². The molecule has 5 nitrogen and oxygen atoms in total. The van der Waals surface area contributed by atoms with Crippen LogP contribution in [0.4, 0.5) is 18.9 Å². The van der Waals surface area contributed by atoms with E-state index in [9.17, 15) is 26.4 Å². The molecule has 158 valence electrons. The molecule has 0 saturated heterocycles. The summed E-state index contributed by atoms with van der Waals surface area (Å²) in [7, 11) is -3.83. The van der Waals surface area contributed by atoms with Gasteiger partial charge in [-0.1, -0.05) is 40.9 Å². The Hall–Kier alpha value is -1.52. The number of anilines is 1. The van der Waals surface area contributed by atoms with Crippen molar-refractivity contribution in [1.29, 1.82) is 0 Å². The summed E-state index contributed by atoms with van der Waals surface area (Å²) in [4.78, 5) is 12.3. The number of benzene rings is 2. The quantitative estimate of drug-likeness (QED) is 0.616. The first-order valence-corrected chi connectivity index (χ1v) is 10.8. The third-order valence-electron chi connectivity index (χ3n) is 3.70. The molecular weight excluding hydrogens is 476 g/mol. The summed E-state index contributed by atoms with van der Waals surface area (Å²) in [5, 5.41) is 2.57. The highest BCUT2D eigenvalue weighted by atomic mass is 35.5. The van der Waals surface area contributed by atoms with E-state index in [-0.39, 0.29) is 27.3 Å². The molecule has 12 heteroatoms. The van der Waals surface area contributed by atoms with Crippen molar-refractivity contribution >= 4 is 56.4 Å². The number of alkyl halides is 3. The fourth-order valence-corrected chi connectivity index (χ4v) is 3.50. The van der Waals surface area contributed by atoms with Crippen molar-refractivity contribution in [3.05, 3.63) is 62.6 Å². The van der Waals surface area contributed by atoms with Gasteiger partial charge < -0.3 is 5.32 Å². The molecule has 2 aromatic rings. The molecule has 0 heterocycles. The van der Waals surface area contributed by atoms with Crippen molar-refractivity contribution in [2.75, 3.05) is 18.1 Å². The van der Waals surface area contributed by atoms with Gasteiger partial charge in [-0.2, -0.15) is 17.5 Å². The van der Waals surface area contributed by atoms with Crippen LogP contribution in [0.5, 0.6) is 0 Å². The lowest BCUT2D eigenvalue weighted by molar-refractivity contribution is -0.137. The highest BCUT2D eigenvalue weighted by Crippen LogP contribution is 2.33. The van der Waals surface area contributed by atoms with Crippen LogP contribution in [0.25, 0.3) is 0 Å². The molecule has 0 aromatic heterocycles. The maximum Gasteiger partial charge on any atom is 0.416 e. The number of nitrogens with zero attached hydrogens (tertiary/aromatic N) is 1. The topological polar surface area (TPSA) is 66.5 Å². The first-order chi connectivity index (χ1) is 13.3. The Morgan fingerprint density at radius 1 is 1.03 bits per heavy atom. The average molecular weight is 490 g/mol. The molecule has 2 aromatic carbocycles. The second-order valence-electron chi connectivity index (χ2n) is 6.02. The average Bonchev–Trinajstić information content (AvgIpc) is 2.57. The summed E-state index contributed by atoms with van der Waals surface area (Å²) in [5.74, 6) is -0.864. The highest BCUT2D eigenvalue weighted by Gasteiger charge is 2.31. The smallest absolute Gasteiger partial charge is 0.324 e. The molecule has 0 aliphatic heterocycles. The third-order valence-corrected chi connectivity index (χ3v) is 5.96. The Labute approximate surface area is 180 Å². The molecule has 0 saturated carbocycles. The predicted molar refractivity (Wildman–Crippen MR) is 107 cm³/mol. The van der Waals surface area contributed by atoms with E-state index in [2.05, 4.69) is 5.32 Å². The number of carbonyl (C=O) groups excluding carboxylic acids is 1. The lowest BCUT2D eigenvalue weighted by atomic mass is 10.2. The van der Waals surface area contributed by atoms with E-state index in [1.165, 1.54) is 18.2 Å². The summed E-state index contributed by atoms with van der Waals surface area (Å²) in [5.41, 5.74) is -0.822. The molecule has 0 bridgehead atoms. The van der Waals surface area contributed by atoms with Crippen LogP contribution in [0, 0.1) is 0 Å². The van der Waals surface area contributed by atoms with Gasteiger partial charge >= 0.3 is 6.18 Å². The van der Waals surface area contributed by atoms with Crippen LogP contribution in [0.15, 0.2) is 36.4 Å². The van der Waals surface area contributed by atoms with Crippen molar-refractivity contribution in [1.82, 2.24) is 4.31 Å². The summed E-state index contributed by atoms with van der Waals surface area (Å²) < 4.78 is 63.4. The van der Waals surface area contributed by atoms with Gasteiger partial charge in [-0.3, -0.25) is 4.79 Å². The monoisotopic (exact) mass is 488 g/mol. The van der Waals surface area contributed by atoms with E-state index in [1.54, 1.807) is 0 Å². The van der Waals surface area contributed by atoms with E-state index in [4.69, 9.17) is 34.8 Å². The van der Waals surface area contributed by atoms with E-state index < -0.39 is 34.2 Å². The van der Waals surface area contributed by atoms with Crippen LogP contribution in [0.3, 0.4) is 0 Å². The fourth-order valence-electron chi connectivity index (χ4n) is 2.28. The summed E-state index contributed by atoms with van der Waals surface area (Å²) in [6, 6.07) is 6.89. The number of amides is 1. The van der Waals surface area contributed by atoms with Gasteiger partial charge in [-0.25, -0.2) is 8.42 Å². The molecule has 0 radical (unpaired) electrons. The number of hydrogen-bond donors (Lipinski definition) is 1. The zero-order valence-electron chi connectivity index (χ0n) is 14.7. The zero-order valence-corrected chi connectivity index (χ0v) is 17.8. The minimum absolute atomic E-state index is 0.123. The first-order valence-electron chi connectivity index (χ1n) is 7.83. The van der Waals surface area contributed by atoms with E-state index in [0.717, 1.165) is 22.7 Å². The van der Waals surface area contributed by atoms with Gasteiger partial charge in [0, 0.05) is 6.54 Å². The molecule has 0 unspecified atom stereocenters. The molecule has 2 rings (SSSR count). The second-order valence-corrected chi connectivity index (χ2v) is 9.22. The van der Waals surface area contributed by atoms with Crippen LogP contribution in [-0.2, 0) is 27.5 Å². The number of nitrogens with one attached hydrogen (secondary N) is 1. The van der Waals surface area contributed by atoms with E-state index >= 15 is 0 Å². The predicted octanol–water partition coefficient (Wildman–Crippen LogP) is 5.07. The van der Waals surface area contributed by atoms with Gasteiger partial charge in [0.1, 0.15) is 0 Å². The van der Waals surface area contributed by atoms with Gasteiger partial charge in [0.2, 0.25) is 15.9 Å². The number of rotatable bonds is 6. The van der Waals surface area contributed by atoms with Gasteiger partial charge in [0.15, 0.2) is 0 Å². The molecular formula is C17H14Cl3F3N2O3S. The molecule has 1 amide bonds. The normalized spacial score (nSPS) is 12.3. The Kier molecular flexibility index (Phi) is 7.45. The number of sulfonamides is 1. The molecule has 1 N–H and O–H groups in total. The molecule has 0 aliphatic carbocycles. The molecule has 0 fully saturated rings. The molecule has 29 heavy (non-hydrogen) atoms. The third kappa shape index (κ3) is 6.75. The van der Waals surface area contributed by atoms with Crippen LogP contribution in [0.1, 0.15) is 11.1 Å². The number of carbonyl (C=O) groups is 1. The number of hydrogen-bond acceptors (Lipinski definition) is 3. The van der Waals surface area contributed by atoms with Crippen LogP contribution in [0.2, 0.25) is 15.1 Å². The lowest BCUT2D eigenvalue weighted by Gasteiger charge is -2.20. The van der Waals surface area contributed by atoms with Crippen molar-refractivity contribution in [3.8, 4) is 0 Å².